The topological polar surface area (TPSA) is 55.6 Å². The first-order valence-electron chi connectivity index (χ1n) is 6.50. The molecule has 108 valence electrons. The lowest BCUT2D eigenvalue weighted by Gasteiger charge is -2.16. The second kappa shape index (κ2) is 4.60. The molecule has 2 aromatic heterocycles. The van der Waals surface area contributed by atoms with Crippen LogP contribution in [0.3, 0.4) is 0 Å². The van der Waals surface area contributed by atoms with Gasteiger partial charge < -0.3 is 9.88 Å². The van der Waals surface area contributed by atoms with Crippen LogP contribution in [-0.2, 0) is 6.18 Å². The number of nitrogens with zero attached hydrogens (tertiary/aromatic N) is 4. The van der Waals surface area contributed by atoms with Crippen LogP contribution in [0.2, 0.25) is 0 Å². The molecule has 0 atom stereocenters. The highest BCUT2D eigenvalue weighted by Gasteiger charge is 2.40. The molecular weight excluding hydrogens is 271 g/mol. The van der Waals surface area contributed by atoms with Crippen LogP contribution in [0.1, 0.15) is 37.5 Å². The van der Waals surface area contributed by atoms with Gasteiger partial charge in [-0.3, -0.25) is 0 Å². The molecule has 0 amide bonds. The summed E-state index contributed by atoms with van der Waals surface area (Å²) in [4.78, 5) is 11.7. The number of rotatable bonds is 2. The Morgan fingerprint density at radius 1 is 1.25 bits per heavy atom. The Labute approximate surface area is 113 Å². The van der Waals surface area contributed by atoms with Gasteiger partial charge in [0.05, 0.1) is 0 Å². The fraction of sp³-hybridized carbons (Fsp3) is 0.583. The largest absolute Gasteiger partial charge is 0.449 e. The van der Waals surface area contributed by atoms with Crippen LogP contribution >= 0.6 is 0 Å². The molecule has 5 nitrogen and oxygen atoms in total. The summed E-state index contributed by atoms with van der Waals surface area (Å²) in [6.07, 6.45) is 0.105. The molecule has 1 saturated carbocycles. The number of fused-ring (bicyclic) bond motifs is 1. The number of imidazole rings is 1. The van der Waals surface area contributed by atoms with Crippen molar-refractivity contribution in [2.75, 3.05) is 12.4 Å². The van der Waals surface area contributed by atoms with Crippen LogP contribution in [0.15, 0.2) is 6.33 Å². The Morgan fingerprint density at radius 2 is 1.95 bits per heavy atom. The average molecular weight is 285 g/mol. The molecule has 1 aliphatic carbocycles. The smallest absolute Gasteiger partial charge is 0.371 e. The minimum atomic E-state index is -4.49. The Bertz CT molecular complexity index is 628. The number of nitrogens with one attached hydrogen (secondary N) is 1. The van der Waals surface area contributed by atoms with Crippen LogP contribution < -0.4 is 5.32 Å². The maximum atomic E-state index is 13.2. The van der Waals surface area contributed by atoms with E-state index in [0.717, 1.165) is 25.7 Å². The van der Waals surface area contributed by atoms with Gasteiger partial charge in [0.2, 0.25) is 5.82 Å². The van der Waals surface area contributed by atoms with Crippen molar-refractivity contribution in [1.82, 2.24) is 19.5 Å². The maximum Gasteiger partial charge on any atom is 0.449 e. The molecular formula is C12H14F3N5. The summed E-state index contributed by atoms with van der Waals surface area (Å²) >= 11 is 0. The van der Waals surface area contributed by atoms with Gasteiger partial charge in [0, 0.05) is 13.1 Å². The van der Waals surface area contributed by atoms with Crippen LogP contribution in [-0.4, -0.2) is 26.6 Å². The van der Waals surface area contributed by atoms with Gasteiger partial charge in [-0.2, -0.15) is 13.2 Å². The molecule has 1 fully saturated rings. The quantitative estimate of drug-likeness (QED) is 0.921. The SMILES string of the molecule is CNc1ncnc2c1nc(C(F)(F)F)n2C1CCCC1. The highest BCUT2D eigenvalue weighted by Crippen LogP contribution is 2.39. The van der Waals surface area contributed by atoms with E-state index in [0.29, 0.717) is 5.82 Å². The van der Waals surface area contributed by atoms with Gasteiger partial charge in [0.15, 0.2) is 17.0 Å². The Balaban J connectivity index is 2.27. The van der Waals surface area contributed by atoms with Crippen molar-refractivity contribution in [2.24, 2.45) is 0 Å². The second-order valence-electron chi connectivity index (χ2n) is 4.89. The van der Waals surface area contributed by atoms with Crippen molar-refractivity contribution >= 4 is 17.0 Å². The number of hydrogen-bond acceptors (Lipinski definition) is 4. The van der Waals surface area contributed by atoms with Crippen LogP contribution in [0, 0.1) is 0 Å². The van der Waals surface area contributed by atoms with Crippen molar-refractivity contribution in [3.8, 4) is 0 Å². The molecule has 0 saturated heterocycles. The predicted molar refractivity (Wildman–Crippen MR) is 67.4 cm³/mol. The molecule has 2 aromatic rings. The zero-order valence-electron chi connectivity index (χ0n) is 10.9. The first-order valence-corrected chi connectivity index (χ1v) is 6.50. The average Bonchev–Trinajstić information content (AvgIpc) is 3.03. The summed E-state index contributed by atoms with van der Waals surface area (Å²) in [6.45, 7) is 0. The first-order chi connectivity index (χ1) is 9.52. The molecule has 1 N–H and O–H groups in total. The van der Waals surface area contributed by atoms with E-state index in [9.17, 15) is 13.2 Å². The van der Waals surface area contributed by atoms with E-state index in [-0.39, 0.29) is 17.2 Å². The molecule has 20 heavy (non-hydrogen) atoms. The van der Waals surface area contributed by atoms with Crippen LogP contribution in [0.5, 0.6) is 0 Å². The molecule has 0 unspecified atom stereocenters. The van der Waals surface area contributed by atoms with E-state index >= 15 is 0 Å². The maximum absolute atomic E-state index is 13.2. The van der Waals surface area contributed by atoms with Gasteiger partial charge >= 0.3 is 6.18 Å². The molecule has 0 aliphatic heterocycles. The Morgan fingerprint density at radius 3 is 2.55 bits per heavy atom. The van der Waals surface area contributed by atoms with Gasteiger partial charge in [-0.05, 0) is 12.8 Å². The summed E-state index contributed by atoms with van der Waals surface area (Å²) in [6, 6.07) is -0.184. The van der Waals surface area contributed by atoms with Crippen molar-refractivity contribution in [2.45, 2.75) is 37.9 Å². The van der Waals surface area contributed by atoms with Crippen molar-refractivity contribution in [1.29, 1.82) is 0 Å². The van der Waals surface area contributed by atoms with Crippen molar-refractivity contribution < 1.29 is 13.2 Å². The van der Waals surface area contributed by atoms with E-state index in [1.807, 2.05) is 0 Å². The second-order valence-corrected chi connectivity index (χ2v) is 4.89. The summed E-state index contributed by atoms with van der Waals surface area (Å²) in [5.41, 5.74) is 0.429. The van der Waals surface area contributed by atoms with E-state index in [1.54, 1.807) is 7.05 Å². The number of anilines is 1. The van der Waals surface area contributed by atoms with Crippen LogP contribution in [0.25, 0.3) is 11.2 Å². The molecule has 0 bridgehead atoms. The molecule has 8 heteroatoms. The zero-order valence-corrected chi connectivity index (χ0v) is 10.9. The minimum Gasteiger partial charge on any atom is -0.371 e. The summed E-state index contributed by atoms with van der Waals surface area (Å²) in [7, 11) is 1.60. The van der Waals surface area contributed by atoms with Gasteiger partial charge in [-0.1, -0.05) is 12.8 Å². The van der Waals surface area contributed by atoms with Crippen LogP contribution in [0.4, 0.5) is 19.0 Å². The summed E-state index contributed by atoms with van der Waals surface area (Å²) in [5, 5.41) is 2.76. The molecule has 0 aromatic carbocycles. The number of hydrogen-bond donors (Lipinski definition) is 1. The molecule has 1 aliphatic rings. The molecule has 3 rings (SSSR count). The standard InChI is InChI=1S/C12H14F3N5/c1-16-9-8-10(18-6-17-9)20(7-4-2-3-5-7)11(19-8)12(13,14)15/h6-7H,2-5H2,1H3,(H,16,17,18). The van der Waals surface area contributed by atoms with Crippen molar-refractivity contribution in [3.63, 3.8) is 0 Å². The van der Waals surface area contributed by atoms with E-state index in [4.69, 9.17) is 0 Å². The van der Waals surface area contributed by atoms with Gasteiger partial charge in [-0.25, -0.2) is 15.0 Å². The van der Waals surface area contributed by atoms with E-state index in [1.165, 1.54) is 10.9 Å². The third-order valence-corrected chi connectivity index (χ3v) is 3.66. The first kappa shape index (κ1) is 13.1. The Kier molecular flexibility index (Phi) is 3.02. The summed E-state index contributed by atoms with van der Waals surface area (Å²) < 4.78 is 40.9. The third kappa shape index (κ3) is 1.99. The molecule has 0 radical (unpaired) electrons. The molecule has 0 spiro atoms. The predicted octanol–water partition coefficient (Wildman–Crippen LogP) is 3.00. The lowest BCUT2D eigenvalue weighted by Crippen LogP contribution is -2.18. The number of alkyl halides is 3. The van der Waals surface area contributed by atoms with Gasteiger partial charge in [-0.15, -0.1) is 0 Å². The van der Waals surface area contributed by atoms with Crippen molar-refractivity contribution in [3.05, 3.63) is 12.2 Å². The summed E-state index contributed by atoms with van der Waals surface area (Å²) in [5.74, 6) is -0.561. The lowest BCUT2D eigenvalue weighted by atomic mass is 10.2. The highest BCUT2D eigenvalue weighted by atomic mass is 19.4. The van der Waals surface area contributed by atoms with E-state index in [2.05, 4.69) is 20.3 Å². The van der Waals surface area contributed by atoms with Gasteiger partial charge in [0.25, 0.3) is 0 Å². The third-order valence-electron chi connectivity index (χ3n) is 3.66. The molecule has 2 heterocycles. The number of aromatic nitrogens is 4. The fourth-order valence-electron chi connectivity index (χ4n) is 2.80. The fourth-order valence-corrected chi connectivity index (χ4v) is 2.80. The monoisotopic (exact) mass is 285 g/mol. The normalized spacial score (nSPS) is 17.0. The van der Waals surface area contributed by atoms with Gasteiger partial charge in [0.1, 0.15) is 6.33 Å². The zero-order chi connectivity index (χ0) is 14.3. The highest BCUT2D eigenvalue weighted by molar-refractivity contribution is 5.83. The Hall–Kier alpha value is -1.86. The van der Waals surface area contributed by atoms with E-state index < -0.39 is 12.0 Å². The minimum absolute atomic E-state index is 0.175. The lowest BCUT2D eigenvalue weighted by molar-refractivity contribution is -0.147. The number of halogens is 3.